The van der Waals surface area contributed by atoms with Gasteiger partial charge in [-0.1, -0.05) is 6.07 Å². The predicted molar refractivity (Wildman–Crippen MR) is 153 cm³/mol. The van der Waals surface area contributed by atoms with Crippen molar-refractivity contribution in [1.29, 1.82) is 0 Å². The minimum absolute atomic E-state index is 0.0285. The molecule has 2 heterocycles. The molecule has 4 saturated carbocycles. The van der Waals surface area contributed by atoms with Crippen LogP contribution in [-0.2, 0) is 16.1 Å². The maximum absolute atomic E-state index is 13.4. The van der Waals surface area contributed by atoms with Crippen LogP contribution in [0.3, 0.4) is 0 Å². The van der Waals surface area contributed by atoms with Gasteiger partial charge in [0.15, 0.2) is 0 Å². The number of aromatic nitrogens is 1. The molecule has 7 heteroatoms. The van der Waals surface area contributed by atoms with E-state index < -0.39 is 5.60 Å². The van der Waals surface area contributed by atoms with E-state index in [9.17, 15) is 14.4 Å². The number of benzene rings is 1. The SMILES string of the molecule is CC(C)(C)OC(=O)N1CCC(Cn2ccc3c(NC(=O)CC45CC6CC(CC(C6)C4)C5)cccc3c2=O)CC1. The summed E-state index contributed by atoms with van der Waals surface area (Å²) in [4.78, 5) is 40.9. The van der Waals surface area contributed by atoms with E-state index in [0.717, 1.165) is 41.7 Å². The van der Waals surface area contributed by atoms with Gasteiger partial charge in [0.1, 0.15) is 5.60 Å². The third-order valence-electron chi connectivity index (χ3n) is 9.71. The van der Waals surface area contributed by atoms with Crippen molar-refractivity contribution in [1.82, 2.24) is 9.47 Å². The molecule has 2 aromatic rings. The molecule has 2 amide bonds. The van der Waals surface area contributed by atoms with Gasteiger partial charge in [-0.3, -0.25) is 9.59 Å². The largest absolute Gasteiger partial charge is 0.444 e. The molecule has 1 saturated heterocycles. The Morgan fingerprint density at radius 3 is 2.23 bits per heavy atom. The minimum atomic E-state index is -0.501. The Hall–Kier alpha value is -2.83. The van der Waals surface area contributed by atoms with Gasteiger partial charge in [0.2, 0.25) is 5.91 Å². The number of likely N-dealkylation sites (tertiary alicyclic amines) is 1. The first-order chi connectivity index (χ1) is 18.6. The monoisotopic (exact) mass is 533 g/mol. The Labute approximate surface area is 231 Å². The van der Waals surface area contributed by atoms with Crippen molar-refractivity contribution >= 4 is 28.5 Å². The zero-order valence-corrected chi connectivity index (χ0v) is 23.7. The first kappa shape index (κ1) is 26.4. The number of fused-ring (bicyclic) bond motifs is 1. The van der Waals surface area contributed by atoms with Gasteiger partial charge in [0.25, 0.3) is 5.56 Å². The van der Waals surface area contributed by atoms with E-state index in [4.69, 9.17) is 4.74 Å². The fourth-order valence-corrected chi connectivity index (χ4v) is 8.52. The summed E-state index contributed by atoms with van der Waals surface area (Å²) in [5.74, 6) is 2.88. The lowest BCUT2D eigenvalue weighted by Gasteiger charge is -2.56. The van der Waals surface area contributed by atoms with Crippen molar-refractivity contribution in [2.75, 3.05) is 18.4 Å². The number of nitrogens with zero attached hydrogens (tertiary/aromatic N) is 2. The number of nitrogens with one attached hydrogen (secondary N) is 1. The summed E-state index contributed by atoms with van der Waals surface area (Å²) in [6.45, 7) is 7.54. The quantitative estimate of drug-likeness (QED) is 0.497. The maximum Gasteiger partial charge on any atom is 0.410 e. The van der Waals surface area contributed by atoms with Crippen molar-refractivity contribution in [2.45, 2.75) is 90.7 Å². The van der Waals surface area contributed by atoms with Crippen LogP contribution in [0.4, 0.5) is 10.5 Å². The molecule has 1 aromatic carbocycles. The summed E-state index contributed by atoms with van der Waals surface area (Å²) in [7, 11) is 0. The Bertz CT molecular complexity index is 1280. The van der Waals surface area contributed by atoms with Crippen LogP contribution >= 0.6 is 0 Å². The Balaban J connectivity index is 1.10. The summed E-state index contributed by atoms with van der Waals surface area (Å²) >= 11 is 0. The Kier molecular flexibility index (Phi) is 6.75. The summed E-state index contributed by atoms with van der Waals surface area (Å²) in [5.41, 5.74) is 0.394. The van der Waals surface area contributed by atoms with Crippen LogP contribution < -0.4 is 10.9 Å². The van der Waals surface area contributed by atoms with Crippen LogP contribution in [0.15, 0.2) is 35.3 Å². The number of rotatable bonds is 5. The Morgan fingerprint density at radius 2 is 1.62 bits per heavy atom. The molecule has 1 aromatic heterocycles. The van der Waals surface area contributed by atoms with Crippen molar-refractivity contribution < 1.29 is 14.3 Å². The van der Waals surface area contributed by atoms with E-state index in [2.05, 4.69) is 5.32 Å². The normalized spacial score (nSPS) is 28.6. The predicted octanol–water partition coefficient (Wildman–Crippen LogP) is 6.19. The second kappa shape index (κ2) is 9.97. The van der Waals surface area contributed by atoms with Gasteiger partial charge in [-0.25, -0.2) is 4.79 Å². The second-order valence-corrected chi connectivity index (χ2v) is 14.1. The molecule has 7 rings (SSSR count). The molecule has 0 radical (unpaired) electrons. The highest BCUT2D eigenvalue weighted by Gasteiger charge is 2.51. The number of carbonyl (C=O) groups excluding carboxylic acids is 2. The highest BCUT2D eigenvalue weighted by molar-refractivity contribution is 6.02. The molecule has 5 aliphatic rings. The smallest absolute Gasteiger partial charge is 0.410 e. The number of hydrogen-bond donors (Lipinski definition) is 1. The number of hydrogen-bond acceptors (Lipinski definition) is 4. The fraction of sp³-hybridized carbons (Fsp3) is 0.656. The minimum Gasteiger partial charge on any atom is -0.444 e. The molecule has 0 atom stereocenters. The van der Waals surface area contributed by atoms with Gasteiger partial charge in [-0.05, 0) is 119 Å². The standard InChI is InChI=1S/C32H43N3O4/c1-31(2,3)39-30(38)34-10-7-21(8-11-34)20-35-12-9-25-26(29(35)37)5-4-6-27(25)33-28(36)19-32-16-22-13-23(17-32)15-24(14-22)18-32/h4-6,9,12,21-24H,7-8,10-11,13-20H2,1-3H3,(H,33,36). The van der Waals surface area contributed by atoms with Gasteiger partial charge in [0, 0.05) is 48.7 Å². The molecule has 4 aliphatic carbocycles. The number of pyridine rings is 1. The summed E-state index contributed by atoms with van der Waals surface area (Å²) in [6, 6.07) is 7.60. The molecular weight excluding hydrogens is 490 g/mol. The third-order valence-corrected chi connectivity index (χ3v) is 9.71. The molecule has 7 nitrogen and oxygen atoms in total. The average Bonchev–Trinajstić information content (AvgIpc) is 2.84. The first-order valence-corrected chi connectivity index (χ1v) is 15.0. The molecular formula is C32H43N3O4. The molecule has 1 N–H and O–H groups in total. The van der Waals surface area contributed by atoms with E-state index in [1.165, 1.54) is 38.5 Å². The van der Waals surface area contributed by atoms with Gasteiger partial charge >= 0.3 is 6.09 Å². The highest BCUT2D eigenvalue weighted by atomic mass is 16.6. The summed E-state index contributed by atoms with van der Waals surface area (Å²) in [6.07, 6.45) is 11.6. The van der Waals surface area contributed by atoms with Crippen molar-refractivity contribution in [3.63, 3.8) is 0 Å². The second-order valence-electron chi connectivity index (χ2n) is 14.1. The van der Waals surface area contributed by atoms with E-state index >= 15 is 0 Å². The van der Waals surface area contributed by atoms with Crippen LogP contribution in [0.1, 0.15) is 78.6 Å². The maximum atomic E-state index is 13.4. The lowest BCUT2D eigenvalue weighted by molar-refractivity contribution is -0.124. The van der Waals surface area contributed by atoms with Gasteiger partial charge < -0.3 is 19.5 Å². The van der Waals surface area contributed by atoms with Gasteiger partial charge in [0.05, 0.1) is 0 Å². The van der Waals surface area contributed by atoms with Crippen LogP contribution in [0.5, 0.6) is 0 Å². The van der Waals surface area contributed by atoms with Crippen molar-refractivity contribution in [3.8, 4) is 0 Å². The number of anilines is 1. The molecule has 4 bridgehead atoms. The number of carbonyl (C=O) groups is 2. The number of amides is 2. The van der Waals surface area contributed by atoms with Crippen LogP contribution in [0, 0.1) is 29.1 Å². The van der Waals surface area contributed by atoms with Crippen molar-refractivity contribution in [3.05, 3.63) is 40.8 Å². The lowest BCUT2D eigenvalue weighted by Crippen LogP contribution is -2.47. The van der Waals surface area contributed by atoms with Gasteiger partial charge in [-0.15, -0.1) is 0 Å². The van der Waals surface area contributed by atoms with Crippen LogP contribution in [-0.4, -0.2) is 40.2 Å². The topological polar surface area (TPSA) is 80.6 Å². The molecule has 39 heavy (non-hydrogen) atoms. The summed E-state index contributed by atoms with van der Waals surface area (Å²) in [5, 5.41) is 4.62. The zero-order chi connectivity index (χ0) is 27.4. The Morgan fingerprint density at radius 1 is 0.974 bits per heavy atom. The highest BCUT2D eigenvalue weighted by Crippen LogP contribution is 2.61. The van der Waals surface area contributed by atoms with Crippen molar-refractivity contribution in [2.24, 2.45) is 29.1 Å². The third kappa shape index (κ3) is 5.59. The molecule has 1 aliphatic heterocycles. The molecule has 0 spiro atoms. The number of piperidine rings is 1. The van der Waals surface area contributed by atoms with Crippen LogP contribution in [0.25, 0.3) is 10.8 Å². The molecule has 5 fully saturated rings. The zero-order valence-electron chi connectivity index (χ0n) is 23.7. The lowest BCUT2D eigenvalue weighted by atomic mass is 9.49. The van der Waals surface area contributed by atoms with E-state index in [1.54, 1.807) is 9.47 Å². The number of ether oxygens (including phenoxy) is 1. The molecule has 210 valence electrons. The van der Waals surface area contributed by atoms with Gasteiger partial charge in [-0.2, -0.15) is 0 Å². The fourth-order valence-electron chi connectivity index (χ4n) is 8.52. The first-order valence-electron chi connectivity index (χ1n) is 15.0. The molecule has 0 unspecified atom stereocenters. The van der Waals surface area contributed by atoms with E-state index in [-0.39, 0.29) is 23.0 Å². The van der Waals surface area contributed by atoms with E-state index in [0.29, 0.717) is 37.4 Å². The summed E-state index contributed by atoms with van der Waals surface area (Å²) < 4.78 is 7.30. The average molecular weight is 534 g/mol. The van der Waals surface area contributed by atoms with E-state index in [1.807, 2.05) is 51.2 Å². The van der Waals surface area contributed by atoms with Crippen LogP contribution in [0.2, 0.25) is 0 Å².